The summed E-state index contributed by atoms with van der Waals surface area (Å²) in [4.78, 5) is 0. The highest BCUT2D eigenvalue weighted by molar-refractivity contribution is 5.62. The van der Waals surface area contributed by atoms with E-state index < -0.39 is 0 Å². The highest BCUT2D eigenvalue weighted by atomic mass is 14.6. The van der Waals surface area contributed by atoms with Crippen molar-refractivity contribution in [2.45, 2.75) is 171 Å². The second kappa shape index (κ2) is 18.6. The maximum absolute atomic E-state index is 6.48. The highest BCUT2D eigenvalue weighted by Gasteiger charge is 2.19. The molecular formula is C50H76N4. The lowest BCUT2D eigenvalue weighted by Gasteiger charge is -2.21. The van der Waals surface area contributed by atoms with Gasteiger partial charge in [0.15, 0.2) is 0 Å². The molecule has 0 saturated carbocycles. The molecule has 0 unspecified atom stereocenters. The maximum Gasteiger partial charge on any atom is 0.0384 e. The molecule has 296 valence electrons. The second-order valence-electron chi connectivity index (χ2n) is 18.3. The first-order chi connectivity index (χ1) is 25.0. The minimum absolute atomic E-state index is 0.423. The Kier molecular flexibility index (Phi) is 15.3. The van der Waals surface area contributed by atoms with Crippen LogP contribution >= 0.6 is 0 Å². The van der Waals surface area contributed by atoms with E-state index in [1.54, 1.807) is 0 Å². The molecule has 0 fully saturated rings. The Bertz CT molecular complexity index is 1480. The number of hydrogen-bond acceptors (Lipinski definition) is 4. The lowest BCUT2D eigenvalue weighted by molar-refractivity contribution is 0.829. The molecule has 4 rings (SSSR count). The summed E-state index contributed by atoms with van der Waals surface area (Å²) in [7, 11) is 0. The minimum Gasteiger partial charge on any atom is -0.398 e. The number of anilines is 4. The van der Waals surface area contributed by atoms with Crippen molar-refractivity contribution in [2.24, 2.45) is 0 Å². The van der Waals surface area contributed by atoms with Crippen LogP contribution in [0.5, 0.6) is 0 Å². The van der Waals surface area contributed by atoms with Crippen LogP contribution in [0.4, 0.5) is 22.7 Å². The third-order valence-electron chi connectivity index (χ3n) is 11.0. The molecule has 4 aromatic rings. The number of nitrogen functional groups attached to an aromatic ring is 4. The van der Waals surface area contributed by atoms with Gasteiger partial charge in [0.1, 0.15) is 0 Å². The molecule has 0 bridgehead atoms. The predicted octanol–water partition coefficient (Wildman–Crippen LogP) is 13.9. The Balaban J connectivity index is 0.000000290. The zero-order chi connectivity index (χ0) is 40.9. The van der Waals surface area contributed by atoms with Crippen LogP contribution in [0.15, 0.2) is 48.5 Å². The van der Waals surface area contributed by atoms with Crippen molar-refractivity contribution in [1.82, 2.24) is 0 Å². The molecular weight excluding hydrogens is 657 g/mol. The van der Waals surface area contributed by atoms with E-state index in [0.29, 0.717) is 47.3 Å². The summed E-state index contributed by atoms with van der Waals surface area (Å²) in [6.07, 6.45) is 1.83. The van der Waals surface area contributed by atoms with E-state index in [9.17, 15) is 0 Å². The van der Waals surface area contributed by atoms with E-state index >= 15 is 0 Å². The van der Waals surface area contributed by atoms with E-state index in [-0.39, 0.29) is 0 Å². The normalized spacial score (nSPS) is 12.0. The van der Waals surface area contributed by atoms with Crippen molar-refractivity contribution < 1.29 is 0 Å². The highest BCUT2D eigenvalue weighted by Crippen LogP contribution is 2.37. The number of benzene rings is 4. The van der Waals surface area contributed by atoms with Gasteiger partial charge in [-0.05, 0) is 127 Å². The van der Waals surface area contributed by atoms with Crippen LogP contribution in [0.2, 0.25) is 0 Å². The molecule has 0 saturated heterocycles. The molecule has 8 N–H and O–H groups in total. The first-order valence-corrected chi connectivity index (χ1v) is 20.7. The standard InChI is InChI=1S/2C25H38N2/c2*1-14(2)20-10-18(11-21(15(3)4)24(20)26)9-19-12-22(16(5)6)25(27)23(13-19)17(7)8/h2*10-17H,9,26-27H2,1-8H3. The Morgan fingerprint density at radius 3 is 0.463 bits per heavy atom. The lowest BCUT2D eigenvalue weighted by atomic mass is 9.86. The molecule has 0 atom stereocenters. The molecule has 0 aromatic heterocycles. The Labute approximate surface area is 330 Å². The molecule has 0 heterocycles. The first-order valence-electron chi connectivity index (χ1n) is 20.7. The van der Waals surface area contributed by atoms with Crippen molar-refractivity contribution in [2.75, 3.05) is 22.9 Å². The summed E-state index contributed by atoms with van der Waals surface area (Å²) in [5.41, 5.74) is 45.2. The third-order valence-corrected chi connectivity index (χ3v) is 11.0. The van der Waals surface area contributed by atoms with Crippen LogP contribution < -0.4 is 22.9 Å². The number of rotatable bonds is 12. The molecule has 0 radical (unpaired) electrons. The van der Waals surface area contributed by atoms with Crippen LogP contribution in [0, 0.1) is 0 Å². The zero-order valence-corrected chi connectivity index (χ0v) is 37.0. The molecule has 54 heavy (non-hydrogen) atoms. The van der Waals surface area contributed by atoms with Crippen molar-refractivity contribution >= 4 is 22.7 Å². The summed E-state index contributed by atoms with van der Waals surface area (Å²) in [6, 6.07) is 18.4. The SMILES string of the molecule is CC(C)c1cc(Cc2cc(C(C)C)c(N)c(C(C)C)c2)cc(C(C)C)c1N.CC(C)c1cc(Cc2cc(C(C)C)c(N)c(C(C)C)c2)cc(C(C)C)c1N. The van der Waals surface area contributed by atoms with Gasteiger partial charge in [0, 0.05) is 22.7 Å². The van der Waals surface area contributed by atoms with Gasteiger partial charge in [-0.1, -0.05) is 159 Å². The topological polar surface area (TPSA) is 104 Å². The van der Waals surface area contributed by atoms with Crippen molar-refractivity contribution in [3.63, 3.8) is 0 Å². The van der Waals surface area contributed by atoms with Gasteiger partial charge in [0.25, 0.3) is 0 Å². The molecule has 0 amide bonds. The van der Waals surface area contributed by atoms with E-state index in [4.69, 9.17) is 22.9 Å². The molecule has 4 aromatic carbocycles. The van der Waals surface area contributed by atoms with Gasteiger partial charge < -0.3 is 22.9 Å². The Hall–Kier alpha value is -3.92. The monoisotopic (exact) mass is 733 g/mol. The molecule has 0 aliphatic heterocycles. The van der Waals surface area contributed by atoms with E-state index in [0.717, 1.165) is 35.6 Å². The summed E-state index contributed by atoms with van der Waals surface area (Å²) >= 11 is 0. The Morgan fingerprint density at radius 1 is 0.259 bits per heavy atom. The second-order valence-corrected chi connectivity index (χ2v) is 18.3. The number of hydrogen-bond donors (Lipinski definition) is 4. The van der Waals surface area contributed by atoms with Crippen LogP contribution in [0.3, 0.4) is 0 Å². The van der Waals surface area contributed by atoms with E-state index in [1.807, 2.05) is 0 Å². The van der Waals surface area contributed by atoms with Gasteiger partial charge in [0.2, 0.25) is 0 Å². The smallest absolute Gasteiger partial charge is 0.0384 e. The summed E-state index contributed by atoms with van der Waals surface area (Å²) in [6.45, 7) is 35.5. The average Bonchev–Trinajstić information content (AvgIpc) is 3.06. The fourth-order valence-corrected chi connectivity index (χ4v) is 7.75. The summed E-state index contributed by atoms with van der Waals surface area (Å²) in [5, 5.41) is 0. The van der Waals surface area contributed by atoms with Crippen molar-refractivity contribution in [3.05, 3.63) is 115 Å². The van der Waals surface area contributed by atoms with Gasteiger partial charge in [0.05, 0.1) is 0 Å². The van der Waals surface area contributed by atoms with E-state index in [1.165, 1.54) is 66.8 Å². The van der Waals surface area contributed by atoms with Gasteiger partial charge in [-0.2, -0.15) is 0 Å². The van der Waals surface area contributed by atoms with Gasteiger partial charge >= 0.3 is 0 Å². The molecule has 0 spiro atoms. The summed E-state index contributed by atoms with van der Waals surface area (Å²) in [5.74, 6) is 3.38. The lowest BCUT2D eigenvalue weighted by Crippen LogP contribution is -2.07. The van der Waals surface area contributed by atoms with Crippen molar-refractivity contribution in [1.29, 1.82) is 0 Å². The van der Waals surface area contributed by atoms with Crippen LogP contribution in [-0.2, 0) is 12.8 Å². The van der Waals surface area contributed by atoms with Crippen LogP contribution in [-0.4, -0.2) is 0 Å². The van der Waals surface area contributed by atoms with Crippen LogP contribution in [0.25, 0.3) is 0 Å². The third kappa shape index (κ3) is 10.6. The molecule has 4 heteroatoms. The van der Waals surface area contributed by atoms with Crippen molar-refractivity contribution in [3.8, 4) is 0 Å². The molecule has 0 aliphatic rings. The van der Waals surface area contributed by atoms with Gasteiger partial charge in [-0.15, -0.1) is 0 Å². The van der Waals surface area contributed by atoms with E-state index in [2.05, 4.69) is 159 Å². The quantitative estimate of drug-likeness (QED) is 0.109. The van der Waals surface area contributed by atoms with Gasteiger partial charge in [-0.25, -0.2) is 0 Å². The van der Waals surface area contributed by atoms with Gasteiger partial charge in [-0.3, -0.25) is 0 Å². The maximum atomic E-state index is 6.48. The fraction of sp³-hybridized carbons (Fsp3) is 0.520. The van der Waals surface area contributed by atoms with Crippen LogP contribution in [0.1, 0.15) is 225 Å². The minimum atomic E-state index is 0.423. The largest absolute Gasteiger partial charge is 0.398 e. The first kappa shape index (κ1) is 44.5. The molecule has 4 nitrogen and oxygen atoms in total. The summed E-state index contributed by atoms with van der Waals surface area (Å²) < 4.78 is 0. The number of nitrogens with two attached hydrogens (primary N) is 4. The zero-order valence-electron chi connectivity index (χ0n) is 37.0. The fourth-order valence-electron chi connectivity index (χ4n) is 7.75. The Morgan fingerprint density at radius 2 is 0.370 bits per heavy atom. The predicted molar refractivity (Wildman–Crippen MR) is 242 cm³/mol. The average molecular weight is 733 g/mol. The molecule has 0 aliphatic carbocycles.